The Morgan fingerprint density at radius 2 is 2.16 bits per heavy atom. The molecule has 0 fully saturated rings. The van der Waals surface area contributed by atoms with Gasteiger partial charge in [0.25, 0.3) is 0 Å². The fourth-order valence-electron chi connectivity index (χ4n) is 2.47. The smallest absolute Gasteiger partial charge is 0.328 e. The Hall–Kier alpha value is -2.10. The van der Waals surface area contributed by atoms with Crippen LogP contribution in [0.3, 0.4) is 0 Å². The number of amides is 1. The highest BCUT2D eigenvalue weighted by Gasteiger charge is 2.22. The van der Waals surface area contributed by atoms with Crippen molar-refractivity contribution in [2.75, 3.05) is 11.4 Å². The molecule has 1 aromatic carbocycles. The molecule has 0 radical (unpaired) electrons. The molecule has 19 heavy (non-hydrogen) atoms. The van der Waals surface area contributed by atoms with Crippen LogP contribution in [0.4, 0.5) is 5.69 Å². The molecule has 1 heterocycles. The zero-order valence-corrected chi connectivity index (χ0v) is 11.1. The summed E-state index contributed by atoms with van der Waals surface area (Å²) >= 11 is 0. The maximum atomic E-state index is 11.5. The second-order valence-corrected chi connectivity index (χ2v) is 4.63. The first-order chi connectivity index (χ1) is 9.02. The molecule has 1 amide bonds. The van der Waals surface area contributed by atoms with Crippen LogP contribution in [-0.2, 0) is 16.0 Å². The minimum Gasteiger partial charge on any atom is -0.478 e. The predicted octanol–water partition coefficient (Wildman–Crippen LogP) is 2.47. The van der Waals surface area contributed by atoms with Crippen LogP contribution in [0.5, 0.6) is 0 Å². The van der Waals surface area contributed by atoms with Crippen LogP contribution in [0.2, 0.25) is 0 Å². The normalized spacial score (nSPS) is 14.4. The lowest BCUT2D eigenvalue weighted by molar-refractivity contribution is -0.131. The van der Waals surface area contributed by atoms with Gasteiger partial charge in [0.1, 0.15) is 0 Å². The molecule has 1 aromatic rings. The number of carbonyl (C=O) groups excluding carboxylic acids is 1. The van der Waals surface area contributed by atoms with E-state index >= 15 is 0 Å². The van der Waals surface area contributed by atoms with E-state index in [1.807, 2.05) is 25.1 Å². The summed E-state index contributed by atoms with van der Waals surface area (Å²) in [6, 6.07) is 5.79. The lowest BCUT2D eigenvalue weighted by Crippen LogP contribution is -2.25. The molecule has 0 unspecified atom stereocenters. The van der Waals surface area contributed by atoms with E-state index in [9.17, 15) is 9.59 Å². The second-order valence-electron chi connectivity index (χ2n) is 4.63. The van der Waals surface area contributed by atoms with Gasteiger partial charge in [-0.3, -0.25) is 4.79 Å². The summed E-state index contributed by atoms with van der Waals surface area (Å²) in [5.74, 6) is -0.883. The number of allylic oxidation sites excluding steroid dienone is 1. The fourth-order valence-corrected chi connectivity index (χ4v) is 2.47. The number of carboxylic acid groups (broad SMARTS) is 1. The molecule has 0 saturated heterocycles. The van der Waals surface area contributed by atoms with Crippen LogP contribution < -0.4 is 4.90 Å². The van der Waals surface area contributed by atoms with E-state index in [2.05, 4.69) is 0 Å². The molecule has 1 aliphatic heterocycles. The third-order valence-corrected chi connectivity index (χ3v) is 3.40. The van der Waals surface area contributed by atoms with Crippen LogP contribution in [0.1, 0.15) is 31.4 Å². The van der Waals surface area contributed by atoms with E-state index < -0.39 is 5.97 Å². The number of carbonyl (C=O) groups is 2. The van der Waals surface area contributed by atoms with Gasteiger partial charge in [0.2, 0.25) is 5.91 Å². The molecule has 4 nitrogen and oxygen atoms in total. The topological polar surface area (TPSA) is 57.6 Å². The summed E-state index contributed by atoms with van der Waals surface area (Å²) in [5.41, 5.74) is 3.78. The molecule has 0 aromatic heterocycles. The number of fused-ring (bicyclic) bond motifs is 1. The van der Waals surface area contributed by atoms with Gasteiger partial charge in [-0.25, -0.2) is 4.79 Å². The van der Waals surface area contributed by atoms with Crippen LogP contribution in [-0.4, -0.2) is 23.5 Å². The van der Waals surface area contributed by atoms with Gasteiger partial charge in [-0.2, -0.15) is 0 Å². The number of carboxylic acids is 1. The summed E-state index contributed by atoms with van der Waals surface area (Å²) in [5, 5.41) is 8.86. The molecule has 0 aliphatic carbocycles. The van der Waals surface area contributed by atoms with Gasteiger partial charge in [-0.1, -0.05) is 13.0 Å². The van der Waals surface area contributed by atoms with Crippen molar-refractivity contribution in [3.05, 3.63) is 35.4 Å². The Bertz CT molecular complexity index is 561. The Balaban J connectivity index is 2.38. The summed E-state index contributed by atoms with van der Waals surface area (Å²) in [6.07, 6.45) is 2.74. The van der Waals surface area contributed by atoms with Crippen LogP contribution in [0.25, 0.3) is 5.57 Å². The lowest BCUT2D eigenvalue weighted by Gasteiger charge is -2.15. The van der Waals surface area contributed by atoms with Gasteiger partial charge in [-0.15, -0.1) is 0 Å². The number of rotatable bonds is 3. The van der Waals surface area contributed by atoms with E-state index in [1.165, 1.54) is 6.08 Å². The molecule has 0 spiro atoms. The molecule has 0 bridgehead atoms. The first kappa shape index (κ1) is 13.3. The van der Waals surface area contributed by atoms with Crippen molar-refractivity contribution in [1.29, 1.82) is 0 Å². The van der Waals surface area contributed by atoms with Crippen molar-refractivity contribution in [1.82, 2.24) is 0 Å². The van der Waals surface area contributed by atoms with Crippen molar-refractivity contribution in [3.8, 4) is 0 Å². The average molecular weight is 259 g/mol. The van der Waals surface area contributed by atoms with Crippen LogP contribution in [0, 0.1) is 0 Å². The fraction of sp³-hybridized carbons (Fsp3) is 0.333. The number of hydrogen-bond acceptors (Lipinski definition) is 2. The van der Waals surface area contributed by atoms with Crippen LogP contribution >= 0.6 is 0 Å². The first-order valence-corrected chi connectivity index (χ1v) is 6.37. The molecular weight excluding hydrogens is 242 g/mol. The average Bonchev–Trinajstić information content (AvgIpc) is 2.78. The summed E-state index contributed by atoms with van der Waals surface area (Å²) in [4.78, 5) is 24.0. The van der Waals surface area contributed by atoms with E-state index in [0.717, 1.165) is 28.8 Å². The largest absolute Gasteiger partial charge is 0.478 e. The molecule has 4 heteroatoms. The molecule has 100 valence electrons. The van der Waals surface area contributed by atoms with Crippen molar-refractivity contribution < 1.29 is 14.7 Å². The number of anilines is 1. The Kier molecular flexibility index (Phi) is 3.69. The highest BCUT2D eigenvalue weighted by Crippen LogP contribution is 2.31. The van der Waals surface area contributed by atoms with Crippen molar-refractivity contribution in [2.24, 2.45) is 0 Å². The van der Waals surface area contributed by atoms with Crippen molar-refractivity contribution >= 4 is 23.1 Å². The summed E-state index contributed by atoms with van der Waals surface area (Å²) in [7, 11) is 0. The number of benzene rings is 1. The van der Waals surface area contributed by atoms with Gasteiger partial charge in [-0.05, 0) is 41.7 Å². The quantitative estimate of drug-likeness (QED) is 0.848. The maximum Gasteiger partial charge on any atom is 0.328 e. The number of nitrogens with zero attached hydrogens (tertiary/aromatic N) is 1. The number of hydrogen-bond donors (Lipinski definition) is 1. The van der Waals surface area contributed by atoms with Gasteiger partial charge < -0.3 is 10.0 Å². The molecule has 1 N–H and O–H groups in total. The highest BCUT2D eigenvalue weighted by molar-refractivity contribution is 5.95. The highest BCUT2D eigenvalue weighted by atomic mass is 16.4. The van der Waals surface area contributed by atoms with Gasteiger partial charge in [0, 0.05) is 25.2 Å². The van der Waals surface area contributed by atoms with Crippen LogP contribution in [0.15, 0.2) is 24.3 Å². The zero-order chi connectivity index (χ0) is 14.0. The van der Waals surface area contributed by atoms with Crippen molar-refractivity contribution in [2.45, 2.75) is 26.7 Å². The van der Waals surface area contributed by atoms with E-state index in [1.54, 1.807) is 11.8 Å². The minimum absolute atomic E-state index is 0.0447. The molecule has 0 saturated carbocycles. The van der Waals surface area contributed by atoms with Crippen molar-refractivity contribution in [3.63, 3.8) is 0 Å². The molecule has 1 aliphatic rings. The Morgan fingerprint density at radius 3 is 2.74 bits per heavy atom. The standard InChI is InChI=1S/C15H17NO3/c1-3-11(9-15(18)19)12-4-5-14-13(8-12)6-7-16(14)10(2)17/h4-5,8-9H,3,6-7H2,1-2H3,(H,18,19)/b11-9+. The molecular formula is C15H17NO3. The number of aliphatic carboxylic acids is 1. The predicted molar refractivity (Wildman–Crippen MR) is 74.1 cm³/mol. The second kappa shape index (κ2) is 5.26. The summed E-state index contributed by atoms with van der Waals surface area (Å²) < 4.78 is 0. The Morgan fingerprint density at radius 1 is 1.42 bits per heavy atom. The third kappa shape index (κ3) is 2.67. The minimum atomic E-state index is -0.928. The van der Waals surface area contributed by atoms with Gasteiger partial charge in [0.05, 0.1) is 0 Å². The van der Waals surface area contributed by atoms with Gasteiger partial charge >= 0.3 is 5.97 Å². The Labute approximate surface area is 112 Å². The monoisotopic (exact) mass is 259 g/mol. The molecule has 0 atom stereocenters. The maximum absolute atomic E-state index is 11.5. The third-order valence-electron chi connectivity index (χ3n) is 3.40. The zero-order valence-electron chi connectivity index (χ0n) is 11.1. The first-order valence-electron chi connectivity index (χ1n) is 6.37. The molecule has 2 rings (SSSR count). The van der Waals surface area contributed by atoms with Gasteiger partial charge in [0.15, 0.2) is 0 Å². The lowest BCUT2D eigenvalue weighted by atomic mass is 9.99. The van der Waals surface area contributed by atoms with E-state index in [0.29, 0.717) is 13.0 Å². The van der Waals surface area contributed by atoms with E-state index in [4.69, 9.17) is 5.11 Å². The van der Waals surface area contributed by atoms with E-state index in [-0.39, 0.29) is 5.91 Å². The SMILES string of the molecule is CC/C(=C\C(=O)O)c1ccc2c(c1)CCN2C(C)=O. The summed E-state index contributed by atoms with van der Waals surface area (Å²) in [6.45, 7) is 4.20.